The largest absolute Gasteiger partial charge is 1.00 e. The van der Waals surface area contributed by atoms with E-state index in [4.69, 9.17) is 9.47 Å². The molecule has 2 heterocycles. The van der Waals surface area contributed by atoms with Gasteiger partial charge in [-0.2, -0.15) is 0 Å². The van der Waals surface area contributed by atoms with E-state index in [1.807, 2.05) is 30.3 Å². The maximum atomic E-state index is 13.3. The van der Waals surface area contributed by atoms with Gasteiger partial charge < -0.3 is 31.4 Å². The lowest BCUT2D eigenvalue weighted by atomic mass is 9.81. The number of Topliss-reactive ketones (excluding diaryl/α,β-unsaturated/α-hetero) is 1. The summed E-state index contributed by atoms with van der Waals surface area (Å²) in [4.78, 5) is 15.9. The van der Waals surface area contributed by atoms with Gasteiger partial charge in [-0.15, -0.1) is 0 Å². The van der Waals surface area contributed by atoms with E-state index >= 15 is 0 Å². The minimum Gasteiger partial charge on any atom is -1.00 e. The zero-order chi connectivity index (χ0) is 29.5. The molecule has 0 N–H and O–H groups in total. The highest BCUT2D eigenvalue weighted by Crippen LogP contribution is 2.51. The van der Waals surface area contributed by atoms with E-state index in [9.17, 15) is 4.79 Å². The number of imidazole rings is 1. The van der Waals surface area contributed by atoms with Crippen molar-refractivity contribution in [3.05, 3.63) is 119 Å². The molecule has 5 aromatic rings. The fourth-order valence-electron chi connectivity index (χ4n) is 7.47. The van der Waals surface area contributed by atoms with Crippen LogP contribution in [0, 0.1) is 12.8 Å². The van der Waals surface area contributed by atoms with Crippen molar-refractivity contribution in [2.45, 2.75) is 38.8 Å². The quantitative estimate of drug-likeness (QED) is 0.181. The number of benzene rings is 4. The number of aryl methyl sites for hydroxylation is 1. The molecule has 0 amide bonds. The van der Waals surface area contributed by atoms with E-state index < -0.39 is 0 Å². The summed E-state index contributed by atoms with van der Waals surface area (Å²) in [5.41, 5.74) is 8.52. The first-order valence-electron chi connectivity index (χ1n) is 15.2. The monoisotopic (exact) mass is 651 g/mol. The van der Waals surface area contributed by atoms with Gasteiger partial charge in [-0.3, -0.25) is 4.79 Å². The number of methoxy groups -OCH3 is 2. The van der Waals surface area contributed by atoms with Gasteiger partial charge in [-0.05, 0) is 71.5 Å². The first-order chi connectivity index (χ1) is 21.1. The number of para-hydroxylation sites is 3. The molecule has 2 atom stereocenters. The Bertz CT molecular complexity index is 1810. The molecular weight excluding hydrogens is 614 g/mol. The number of nitrogens with zero attached hydrogens (tertiary/aromatic N) is 3. The molecule has 0 spiro atoms. The third-order valence-electron chi connectivity index (χ3n) is 9.47. The first kappa shape index (κ1) is 29.9. The maximum Gasteiger partial charge on any atom is 0.254 e. The van der Waals surface area contributed by atoms with Crippen LogP contribution in [0.25, 0.3) is 11.0 Å². The molecule has 44 heavy (non-hydrogen) atoms. The molecule has 0 bridgehead atoms. The van der Waals surface area contributed by atoms with E-state index in [0.717, 1.165) is 60.8 Å². The summed E-state index contributed by atoms with van der Waals surface area (Å²) in [6.07, 6.45) is 2.10. The molecule has 0 radical (unpaired) electrons. The number of rotatable bonds is 9. The lowest BCUT2D eigenvalue weighted by Crippen LogP contribution is -3.00. The van der Waals surface area contributed by atoms with E-state index in [0.29, 0.717) is 23.9 Å². The highest BCUT2D eigenvalue weighted by molar-refractivity contribution is 5.95. The van der Waals surface area contributed by atoms with Crippen LogP contribution in [0.2, 0.25) is 0 Å². The smallest absolute Gasteiger partial charge is 0.254 e. The van der Waals surface area contributed by atoms with Gasteiger partial charge in [0.25, 0.3) is 5.82 Å². The van der Waals surface area contributed by atoms with Crippen molar-refractivity contribution in [1.82, 2.24) is 4.57 Å². The normalized spacial score (nSPS) is 16.6. The van der Waals surface area contributed by atoms with Gasteiger partial charge in [-0.25, -0.2) is 9.13 Å². The Labute approximate surface area is 269 Å². The number of halogens is 1. The number of hydrogen-bond acceptors (Lipinski definition) is 4. The molecule has 1 aliphatic heterocycles. The Morgan fingerprint density at radius 3 is 2.41 bits per heavy atom. The van der Waals surface area contributed by atoms with E-state index in [2.05, 4.69) is 81.6 Å². The average molecular weight is 653 g/mol. The summed E-state index contributed by atoms with van der Waals surface area (Å²) in [7, 11) is 3.42. The van der Waals surface area contributed by atoms with Gasteiger partial charge in [0.05, 0.1) is 26.5 Å². The Balaban J connectivity index is 0.00000343. The molecule has 0 unspecified atom stereocenters. The number of hydrogen-bond donors (Lipinski definition) is 0. The summed E-state index contributed by atoms with van der Waals surface area (Å²) in [6, 6.07) is 31.3. The summed E-state index contributed by atoms with van der Waals surface area (Å²) < 4.78 is 15.7. The van der Waals surface area contributed by atoms with Gasteiger partial charge in [0.1, 0.15) is 11.5 Å². The van der Waals surface area contributed by atoms with Crippen LogP contribution >= 0.6 is 0 Å². The number of ether oxygens (including phenoxy) is 2. The van der Waals surface area contributed by atoms with Crippen LogP contribution in [0.15, 0.2) is 91.0 Å². The molecule has 2 aliphatic rings. The zero-order valence-corrected chi connectivity index (χ0v) is 27.1. The number of carbonyl (C=O) groups is 1. The standard InChI is InChI=1S/C37H38N3O3.BrH/c1-25-39(32-13-6-7-14-33(32)40(25)24-34(41)26-16-18-29(42-2)19-17-26)21-9-20-38-23-28-22-27-10-4-5-11-30(27)36(28)31-12-8-15-35(43-3)37(31)38;/h4-8,10-19,28,36H,9,20-24H2,1-3H3;1H/q+1;/p-1/t28-,36+;/m0./s1. The predicted molar refractivity (Wildman–Crippen MR) is 169 cm³/mol. The minimum atomic E-state index is 0. The Hall–Kier alpha value is -4.10. The highest BCUT2D eigenvalue weighted by atomic mass is 79.9. The van der Waals surface area contributed by atoms with Crippen LogP contribution in [-0.4, -0.2) is 37.7 Å². The average Bonchev–Trinajstić information content (AvgIpc) is 3.55. The van der Waals surface area contributed by atoms with Gasteiger partial charge >= 0.3 is 0 Å². The van der Waals surface area contributed by atoms with Crippen LogP contribution < -0.4 is 35.9 Å². The van der Waals surface area contributed by atoms with E-state index in [-0.39, 0.29) is 22.8 Å². The minimum absolute atomic E-state index is 0. The summed E-state index contributed by atoms with van der Waals surface area (Å²) in [5, 5.41) is 0. The number of fused-ring (bicyclic) bond motifs is 6. The molecule has 7 heteroatoms. The third kappa shape index (κ3) is 5.17. The van der Waals surface area contributed by atoms with Crippen molar-refractivity contribution in [1.29, 1.82) is 0 Å². The van der Waals surface area contributed by atoms with Crippen LogP contribution in [0.3, 0.4) is 0 Å². The van der Waals surface area contributed by atoms with Crippen LogP contribution in [0.5, 0.6) is 11.5 Å². The highest BCUT2D eigenvalue weighted by Gasteiger charge is 2.41. The van der Waals surface area contributed by atoms with Gasteiger partial charge in [-0.1, -0.05) is 48.5 Å². The van der Waals surface area contributed by atoms with Crippen molar-refractivity contribution in [2.75, 3.05) is 32.2 Å². The SMILES string of the molecule is COc1ccc(C(=O)C[n+]2c(C)n(CCCN3C[C@@H]4Cc5ccccc5[C@@H]4c4cccc(OC)c43)c3ccccc32)cc1.[Br-]. The van der Waals surface area contributed by atoms with Crippen molar-refractivity contribution in [2.24, 2.45) is 5.92 Å². The second-order valence-electron chi connectivity index (χ2n) is 11.8. The predicted octanol–water partition coefficient (Wildman–Crippen LogP) is 3.36. The Kier molecular flexibility index (Phi) is 8.50. The van der Waals surface area contributed by atoms with Gasteiger partial charge in [0.15, 0.2) is 17.6 Å². The van der Waals surface area contributed by atoms with Crippen LogP contribution in [0.4, 0.5) is 5.69 Å². The van der Waals surface area contributed by atoms with Crippen molar-refractivity contribution < 1.29 is 35.8 Å². The lowest BCUT2D eigenvalue weighted by Gasteiger charge is -2.39. The summed E-state index contributed by atoms with van der Waals surface area (Å²) >= 11 is 0. The summed E-state index contributed by atoms with van der Waals surface area (Å²) in [6.45, 7) is 5.25. The Morgan fingerprint density at radius 2 is 1.61 bits per heavy atom. The van der Waals surface area contributed by atoms with Crippen molar-refractivity contribution in [3.8, 4) is 11.5 Å². The van der Waals surface area contributed by atoms with E-state index in [1.54, 1.807) is 14.2 Å². The van der Waals surface area contributed by atoms with Gasteiger partial charge in [0, 0.05) is 37.9 Å². The molecule has 7 rings (SSSR count). The molecule has 1 aliphatic carbocycles. The number of carbonyl (C=O) groups excluding carboxylic acids is 1. The second kappa shape index (κ2) is 12.5. The number of anilines is 1. The zero-order valence-electron chi connectivity index (χ0n) is 25.5. The molecule has 4 aromatic carbocycles. The number of ketones is 1. The number of aromatic nitrogens is 2. The second-order valence-corrected chi connectivity index (χ2v) is 11.8. The Morgan fingerprint density at radius 1 is 0.864 bits per heavy atom. The first-order valence-corrected chi connectivity index (χ1v) is 15.2. The molecule has 0 saturated carbocycles. The maximum absolute atomic E-state index is 13.3. The molecule has 1 aromatic heterocycles. The molecule has 6 nitrogen and oxygen atoms in total. The topological polar surface area (TPSA) is 47.6 Å². The lowest BCUT2D eigenvalue weighted by molar-refractivity contribution is -0.664. The van der Waals surface area contributed by atoms with Crippen molar-refractivity contribution in [3.63, 3.8) is 0 Å². The third-order valence-corrected chi connectivity index (χ3v) is 9.47. The molecule has 226 valence electrons. The molecule has 0 saturated heterocycles. The van der Waals surface area contributed by atoms with Crippen LogP contribution in [0.1, 0.15) is 45.2 Å². The molecule has 0 fully saturated rings. The van der Waals surface area contributed by atoms with Crippen molar-refractivity contribution >= 4 is 22.5 Å². The fraction of sp³-hybridized carbons (Fsp3) is 0.297. The van der Waals surface area contributed by atoms with E-state index in [1.165, 1.54) is 22.4 Å². The summed E-state index contributed by atoms with van der Waals surface area (Å²) in [5.74, 6) is 3.87. The van der Waals surface area contributed by atoms with Gasteiger partial charge in [0.2, 0.25) is 5.78 Å². The van der Waals surface area contributed by atoms with Crippen LogP contribution in [-0.2, 0) is 19.5 Å². The molecular formula is C37H38BrN3O3. The fourth-order valence-corrected chi connectivity index (χ4v) is 7.47.